The van der Waals surface area contributed by atoms with E-state index in [0.717, 1.165) is 33.3 Å². The van der Waals surface area contributed by atoms with E-state index in [9.17, 15) is 31.9 Å². The highest BCUT2D eigenvalue weighted by Crippen LogP contribution is 2.36. The summed E-state index contributed by atoms with van der Waals surface area (Å²) in [6.45, 7) is 0. The lowest BCUT2D eigenvalue weighted by Crippen LogP contribution is -2.32. The number of aromatic amines is 1. The van der Waals surface area contributed by atoms with Gasteiger partial charge in [-0.3, -0.25) is 19.1 Å². The average Bonchev–Trinajstić information content (AvgIpc) is 3.32. The van der Waals surface area contributed by atoms with Gasteiger partial charge in [0, 0.05) is 18.0 Å². The zero-order valence-electron chi connectivity index (χ0n) is 16.0. The summed E-state index contributed by atoms with van der Waals surface area (Å²) in [5.41, 5.74) is -2.51. The average molecular weight is 484 g/mol. The second-order valence-corrected chi connectivity index (χ2v) is 8.42. The number of fused-ring (bicyclic) bond motifs is 1. The Morgan fingerprint density at radius 1 is 1.22 bits per heavy atom. The Labute approximate surface area is 184 Å². The van der Waals surface area contributed by atoms with E-state index >= 15 is 0 Å². The van der Waals surface area contributed by atoms with Crippen LogP contribution in [-0.2, 0) is 24.4 Å². The number of carbonyl (C=O) groups excluding carboxylic acids is 1. The molecule has 13 heteroatoms. The third-order valence-electron chi connectivity index (χ3n) is 4.59. The van der Waals surface area contributed by atoms with Crippen LogP contribution in [0, 0.1) is 5.82 Å². The molecule has 0 aliphatic heterocycles. The fraction of sp³-hybridized carbons (Fsp3) is 0.158. The lowest BCUT2D eigenvalue weighted by atomic mass is 10.1. The standard InChI is InChI=1S/C19H12F4N4O3S2/c1-27-16(29)13-8(6-31-15(13)26-18(27)30)5-12(28)25-17-24-11(7-32-17)9-3-2-4-10(14(9)20)19(21,22)23/h2-4,6-7H,5H2,1H3,(H,26,30)(H,24,25,28). The monoisotopic (exact) mass is 484 g/mol. The molecule has 0 saturated heterocycles. The summed E-state index contributed by atoms with van der Waals surface area (Å²) in [6, 6.07) is 2.88. The first-order valence-electron chi connectivity index (χ1n) is 8.87. The molecule has 4 aromatic rings. The van der Waals surface area contributed by atoms with Crippen LogP contribution < -0.4 is 16.6 Å². The fourth-order valence-corrected chi connectivity index (χ4v) is 4.70. The second kappa shape index (κ2) is 7.98. The molecule has 0 bridgehead atoms. The number of nitrogens with one attached hydrogen (secondary N) is 2. The smallest absolute Gasteiger partial charge is 0.302 e. The number of halogens is 4. The van der Waals surface area contributed by atoms with E-state index in [-0.39, 0.29) is 28.2 Å². The maximum atomic E-state index is 14.3. The Morgan fingerprint density at radius 3 is 2.69 bits per heavy atom. The first-order chi connectivity index (χ1) is 15.1. The van der Waals surface area contributed by atoms with E-state index in [1.165, 1.54) is 18.5 Å². The van der Waals surface area contributed by atoms with Gasteiger partial charge in [-0.25, -0.2) is 14.2 Å². The van der Waals surface area contributed by atoms with Gasteiger partial charge in [-0.1, -0.05) is 6.07 Å². The van der Waals surface area contributed by atoms with Crippen LogP contribution >= 0.6 is 22.7 Å². The topological polar surface area (TPSA) is 96.8 Å². The third kappa shape index (κ3) is 3.96. The van der Waals surface area contributed by atoms with Gasteiger partial charge in [0.15, 0.2) is 5.13 Å². The van der Waals surface area contributed by atoms with Gasteiger partial charge < -0.3 is 5.32 Å². The summed E-state index contributed by atoms with van der Waals surface area (Å²) in [4.78, 5) is 43.4. The first kappa shape index (κ1) is 21.9. The van der Waals surface area contributed by atoms with Gasteiger partial charge in [-0.2, -0.15) is 13.2 Å². The Bertz CT molecular complexity index is 1470. The highest BCUT2D eigenvalue weighted by atomic mass is 32.1. The van der Waals surface area contributed by atoms with Gasteiger partial charge in [-0.05, 0) is 23.1 Å². The van der Waals surface area contributed by atoms with Crippen LogP contribution in [0.1, 0.15) is 11.1 Å². The van der Waals surface area contributed by atoms with Crippen molar-refractivity contribution in [2.45, 2.75) is 12.6 Å². The molecule has 1 amide bonds. The molecule has 2 N–H and O–H groups in total. The number of alkyl halides is 3. The van der Waals surface area contributed by atoms with Gasteiger partial charge >= 0.3 is 11.9 Å². The molecule has 3 aromatic heterocycles. The number of aromatic nitrogens is 3. The maximum absolute atomic E-state index is 14.3. The quantitative estimate of drug-likeness (QED) is 0.431. The van der Waals surface area contributed by atoms with E-state index in [1.54, 1.807) is 5.38 Å². The number of amides is 1. The zero-order chi connectivity index (χ0) is 23.2. The summed E-state index contributed by atoms with van der Waals surface area (Å²) in [6.07, 6.45) is -5.05. The van der Waals surface area contributed by atoms with Crippen molar-refractivity contribution in [3.8, 4) is 11.3 Å². The van der Waals surface area contributed by atoms with Crippen molar-refractivity contribution < 1.29 is 22.4 Å². The van der Waals surface area contributed by atoms with Crippen molar-refractivity contribution in [1.82, 2.24) is 14.5 Å². The number of hydrogen-bond acceptors (Lipinski definition) is 6. The maximum Gasteiger partial charge on any atom is 0.419 e. The molecule has 0 aliphatic rings. The van der Waals surface area contributed by atoms with Crippen LogP contribution in [-0.4, -0.2) is 20.4 Å². The Hall–Kier alpha value is -3.32. The number of H-pyrrole nitrogens is 1. The van der Waals surface area contributed by atoms with Crippen molar-refractivity contribution in [3.05, 3.63) is 66.7 Å². The summed E-state index contributed by atoms with van der Waals surface area (Å²) in [5.74, 6) is -1.99. The Morgan fingerprint density at radius 2 is 1.97 bits per heavy atom. The minimum atomic E-state index is -4.85. The number of carbonyl (C=O) groups is 1. The zero-order valence-corrected chi connectivity index (χ0v) is 17.7. The molecule has 0 unspecified atom stereocenters. The number of rotatable bonds is 4. The molecule has 0 radical (unpaired) electrons. The first-order valence-corrected chi connectivity index (χ1v) is 10.6. The van der Waals surface area contributed by atoms with E-state index < -0.39 is 34.7 Å². The molecule has 0 spiro atoms. The number of nitrogens with zero attached hydrogens (tertiary/aromatic N) is 2. The van der Waals surface area contributed by atoms with Crippen molar-refractivity contribution in [2.24, 2.45) is 7.05 Å². The van der Waals surface area contributed by atoms with Crippen LogP contribution in [0.5, 0.6) is 0 Å². The third-order valence-corrected chi connectivity index (χ3v) is 6.29. The number of thiazole rings is 1. The molecular weight excluding hydrogens is 472 g/mol. The van der Waals surface area contributed by atoms with Gasteiger partial charge in [0.05, 0.1) is 23.1 Å². The lowest BCUT2D eigenvalue weighted by Gasteiger charge is -2.09. The predicted molar refractivity (Wildman–Crippen MR) is 113 cm³/mol. The molecule has 0 fully saturated rings. The molecular formula is C19H12F4N4O3S2. The molecule has 166 valence electrons. The molecule has 4 rings (SSSR count). The number of benzene rings is 1. The summed E-state index contributed by atoms with van der Waals surface area (Å²) in [7, 11) is 1.31. The van der Waals surface area contributed by atoms with Crippen molar-refractivity contribution >= 4 is 43.9 Å². The molecule has 32 heavy (non-hydrogen) atoms. The normalized spacial score (nSPS) is 11.8. The minimum Gasteiger partial charge on any atom is -0.302 e. The van der Waals surface area contributed by atoms with Crippen LogP contribution in [0.15, 0.2) is 38.5 Å². The number of thiophene rings is 1. The van der Waals surface area contributed by atoms with E-state index in [4.69, 9.17) is 0 Å². The van der Waals surface area contributed by atoms with Crippen LogP contribution in [0.3, 0.4) is 0 Å². The largest absolute Gasteiger partial charge is 0.419 e. The Kier molecular flexibility index (Phi) is 5.46. The summed E-state index contributed by atoms with van der Waals surface area (Å²) >= 11 is 2.03. The highest BCUT2D eigenvalue weighted by molar-refractivity contribution is 7.17. The van der Waals surface area contributed by atoms with E-state index in [2.05, 4.69) is 15.3 Å². The minimum absolute atomic E-state index is 0.0543. The molecule has 0 aliphatic carbocycles. The molecule has 1 aromatic carbocycles. The molecule has 0 atom stereocenters. The van der Waals surface area contributed by atoms with Crippen LogP contribution in [0.4, 0.5) is 22.7 Å². The van der Waals surface area contributed by atoms with Gasteiger partial charge in [-0.15, -0.1) is 22.7 Å². The van der Waals surface area contributed by atoms with Gasteiger partial charge in [0.25, 0.3) is 5.56 Å². The van der Waals surface area contributed by atoms with Crippen LogP contribution in [0.25, 0.3) is 21.5 Å². The highest BCUT2D eigenvalue weighted by Gasteiger charge is 2.35. The van der Waals surface area contributed by atoms with Crippen molar-refractivity contribution in [2.75, 3.05) is 5.32 Å². The molecule has 7 nitrogen and oxygen atoms in total. The van der Waals surface area contributed by atoms with Gasteiger partial charge in [0.2, 0.25) is 5.91 Å². The van der Waals surface area contributed by atoms with Crippen molar-refractivity contribution in [1.29, 1.82) is 0 Å². The summed E-state index contributed by atoms with van der Waals surface area (Å²) in [5, 5.41) is 5.68. The van der Waals surface area contributed by atoms with Gasteiger partial charge in [0.1, 0.15) is 10.6 Å². The fourth-order valence-electron chi connectivity index (χ4n) is 3.03. The predicted octanol–water partition coefficient (Wildman–Crippen LogP) is 3.75. The molecule has 0 saturated carbocycles. The van der Waals surface area contributed by atoms with Crippen molar-refractivity contribution in [3.63, 3.8) is 0 Å². The van der Waals surface area contributed by atoms with E-state index in [1.807, 2.05) is 0 Å². The summed E-state index contributed by atoms with van der Waals surface area (Å²) < 4.78 is 54.0. The lowest BCUT2D eigenvalue weighted by molar-refractivity contribution is -0.139. The van der Waals surface area contributed by atoms with E-state index in [0.29, 0.717) is 16.5 Å². The van der Waals surface area contributed by atoms with Crippen LogP contribution in [0.2, 0.25) is 0 Å². The second-order valence-electron chi connectivity index (χ2n) is 6.69. The molecule has 3 heterocycles. The number of anilines is 1. The number of hydrogen-bond donors (Lipinski definition) is 2. The SMILES string of the molecule is Cn1c(=O)[nH]c2scc(CC(=O)Nc3nc(-c4cccc(C(F)(F)F)c4F)cs3)c2c1=O. The Balaban J connectivity index is 1.56.